The molecule has 0 saturated carbocycles. The Morgan fingerprint density at radius 2 is 1.96 bits per heavy atom. The fraction of sp³-hybridized carbons (Fsp3) is 0.167. The van der Waals surface area contributed by atoms with Crippen molar-refractivity contribution in [1.82, 2.24) is 25.5 Å². The molecule has 24 heavy (non-hydrogen) atoms. The van der Waals surface area contributed by atoms with Crippen LogP contribution in [0.5, 0.6) is 0 Å². The van der Waals surface area contributed by atoms with E-state index in [4.69, 9.17) is 10.7 Å². The second kappa shape index (κ2) is 6.25. The number of hydrogen-bond acceptors (Lipinski definition) is 5. The molecule has 0 unspecified atom stereocenters. The SMILES string of the molecule is Nc1ncc(C2=CCNCC2)nc1-c1cc(-c2ccccc2)n[nH]1. The lowest BCUT2D eigenvalue weighted by Gasteiger charge is -2.14. The Morgan fingerprint density at radius 3 is 2.75 bits per heavy atom. The van der Waals surface area contributed by atoms with Crippen LogP contribution in [-0.2, 0) is 0 Å². The Bertz CT molecular complexity index is 882. The molecule has 6 nitrogen and oxygen atoms in total. The fourth-order valence-electron chi connectivity index (χ4n) is 2.81. The summed E-state index contributed by atoms with van der Waals surface area (Å²) in [7, 11) is 0. The van der Waals surface area contributed by atoms with Crippen LogP contribution < -0.4 is 11.1 Å². The number of rotatable bonds is 3. The second-order valence-electron chi connectivity index (χ2n) is 5.71. The van der Waals surface area contributed by atoms with Crippen molar-refractivity contribution in [2.24, 2.45) is 0 Å². The zero-order valence-corrected chi connectivity index (χ0v) is 13.2. The van der Waals surface area contributed by atoms with Crippen LogP contribution in [0.4, 0.5) is 5.82 Å². The molecule has 4 N–H and O–H groups in total. The monoisotopic (exact) mass is 318 g/mol. The van der Waals surface area contributed by atoms with E-state index in [9.17, 15) is 0 Å². The van der Waals surface area contributed by atoms with Gasteiger partial charge in [0.1, 0.15) is 5.69 Å². The van der Waals surface area contributed by atoms with Gasteiger partial charge in [0.05, 0.1) is 23.3 Å². The lowest BCUT2D eigenvalue weighted by atomic mass is 10.1. The van der Waals surface area contributed by atoms with Crippen LogP contribution in [-0.4, -0.2) is 33.3 Å². The van der Waals surface area contributed by atoms with Crippen molar-refractivity contribution in [2.45, 2.75) is 6.42 Å². The van der Waals surface area contributed by atoms with Gasteiger partial charge in [-0.3, -0.25) is 5.10 Å². The first kappa shape index (κ1) is 14.6. The molecule has 1 aromatic carbocycles. The number of nitrogens with two attached hydrogens (primary N) is 1. The predicted molar refractivity (Wildman–Crippen MR) is 94.9 cm³/mol. The Hall–Kier alpha value is -2.99. The summed E-state index contributed by atoms with van der Waals surface area (Å²) in [4.78, 5) is 9.04. The maximum atomic E-state index is 6.05. The first-order valence-corrected chi connectivity index (χ1v) is 7.95. The molecule has 0 radical (unpaired) electrons. The molecule has 0 fully saturated rings. The summed E-state index contributed by atoms with van der Waals surface area (Å²) in [6.45, 7) is 1.81. The topological polar surface area (TPSA) is 92.5 Å². The summed E-state index contributed by atoms with van der Waals surface area (Å²) in [6, 6.07) is 12.0. The molecule has 0 spiro atoms. The minimum atomic E-state index is 0.400. The minimum absolute atomic E-state index is 0.400. The van der Waals surface area contributed by atoms with Crippen molar-refractivity contribution in [3.63, 3.8) is 0 Å². The molecule has 3 aromatic rings. The van der Waals surface area contributed by atoms with Crippen molar-refractivity contribution in [3.05, 3.63) is 54.4 Å². The van der Waals surface area contributed by atoms with Crippen molar-refractivity contribution in [3.8, 4) is 22.6 Å². The van der Waals surface area contributed by atoms with E-state index in [-0.39, 0.29) is 0 Å². The van der Waals surface area contributed by atoms with Gasteiger partial charge in [-0.25, -0.2) is 9.97 Å². The van der Waals surface area contributed by atoms with Gasteiger partial charge in [-0.15, -0.1) is 0 Å². The highest BCUT2D eigenvalue weighted by Gasteiger charge is 2.14. The summed E-state index contributed by atoms with van der Waals surface area (Å²) >= 11 is 0. The average molecular weight is 318 g/mol. The molecular formula is C18H18N6. The second-order valence-corrected chi connectivity index (χ2v) is 5.71. The van der Waals surface area contributed by atoms with Gasteiger partial charge in [0, 0.05) is 12.1 Å². The number of benzene rings is 1. The fourth-order valence-corrected chi connectivity index (χ4v) is 2.81. The standard InChI is InChI=1S/C18H18N6/c19-18-17(22-16(11-21-18)13-6-8-20-9-7-13)15-10-14(23-24-15)12-4-2-1-3-5-12/h1-6,10-11,20H,7-9H2,(H2,19,21)(H,23,24). The van der Waals surface area contributed by atoms with Gasteiger partial charge in [-0.1, -0.05) is 36.4 Å². The maximum absolute atomic E-state index is 6.05. The highest BCUT2D eigenvalue weighted by atomic mass is 15.1. The number of hydrogen-bond donors (Lipinski definition) is 3. The molecule has 1 aliphatic heterocycles. The van der Waals surface area contributed by atoms with Gasteiger partial charge in [0.15, 0.2) is 5.82 Å². The molecule has 0 aliphatic carbocycles. The van der Waals surface area contributed by atoms with E-state index in [1.165, 1.54) is 5.57 Å². The van der Waals surface area contributed by atoms with Crippen molar-refractivity contribution < 1.29 is 0 Å². The van der Waals surface area contributed by atoms with Gasteiger partial charge in [-0.05, 0) is 24.6 Å². The quantitative estimate of drug-likeness (QED) is 0.690. The van der Waals surface area contributed by atoms with Crippen molar-refractivity contribution in [1.29, 1.82) is 0 Å². The summed E-state index contributed by atoms with van der Waals surface area (Å²) in [5, 5.41) is 10.7. The van der Waals surface area contributed by atoms with Gasteiger partial charge < -0.3 is 11.1 Å². The van der Waals surface area contributed by atoms with Crippen LogP contribution in [0.2, 0.25) is 0 Å². The molecule has 2 aromatic heterocycles. The number of aromatic amines is 1. The van der Waals surface area contributed by atoms with E-state index in [1.807, 2.05) is 36.4 Å². The van der Waals surface area contributed by atoms with Crippen LogP contribution in [0.15, 0.2) is 48.7 Å². The van der Waals surface area contributed by atoms with E-state index < -0.39 is 0 Å². The Kier molecular flexibility index (Phi) is 3.80. The van der Waals surface area contributed by atoms with E-state index in [0.717, 1.165) is 42.2 Å². The lowest BCUT2D eigenvalue weighted by Crippen LogP contribution is -2.20. The summed E-state index contributed by atoms with van der Waals surface area (Å²) in [5.41, 5.74) is 11.4. The summed E-state index contributed by atoms with van der Waals surface area (Å²) in [5.74, 6) is 0.400. The molecule has 3 heterocycles. The van der Waals surface area contributed by atoms with Crippen LogP contribution in [0, 0.1) is 0 Å². The molecule has 1 aliphatic rings. The number of aromatic nitrogens is 4. The number of nitrogen functional groups attached to an aromatic ring is 1. The zero-order valence-electron chi connectivity index (χ0n) is 13.2. The zero-order chi connectivity index (χ0) is 16.4. The number of nitrogens with zero attached hydrogens (tertiary/aromatic N) is 3. The van der Waals surface area contributed by atoms with Crippen LogP contribution in [0.25, 0.3) is 28.2 Å². The smallest absolute Gasteiger partial charge is 0.151 e. The van der Waals surface area contributed by atoms with Gasteiger partial charge in [-0.2, -0.15) is 5.10 Å². The third-order valence-corrected chi connectivity index (χ3v) is 4.10. The van der Waals surface area contributed by atoms with Crippen LogP contribution in [0.3, 0.4) is 0 Å². The highest BCUT2D eigenvalue weighted by Crippen LogP contribution is 2.27. The first-order chi connectivity index (χ1) is 11.8. The van der Waals surface area contributed by atoms with Gasteiger partial charge in [0.25, 0.3) is 0 Å². The minimum Gasteiger partial charge on any atom is -0.382 e. The van der Waals surface area contributed by atoms with E-state index in [2.05, 4.69) is 26.6 Å². The Balaban J connectivity index is 1.71. The molecule has 0 bridgehead atoms. The third-order valence-electron chi connectivity index (χ3n) is 4.10. The summed E-state index contributed by atoms with van der Waals surface area (Å²) < 4.78 is 0. The molecule has 4 rings (SSSR count). The lowest BCUT2D eigenvalue weighted by molar-refractivity contribution is 0.736. The van der Waals surface area contributed by atoms with E-state index >= 15 is 0 Å². The number of anilines is 1. The highest BCUT2D eigenvalue weighted by molar-refractivity contribution is 5.74. The van der Waals surface area contributed by atoms with Crippen LogP contribution >= 0.6 is 0 Å². The van der Waals surface area contributed by atoms with Crippen molar-refractivity contribution >= 4 is 11.4 Å². The molecule has 6 heteroatoms. The molecule has 0 amide bonds. The average Bonchev–Trinajstić information content (AvgIpc) is 3.13. The molecule has 0 atom stereocenters. The molecule has 0 saturated heterocycles. The Labute approximate surface area is 139 Å². The van der Waals surface area contributed by atoms with E-state index in [1.54, 1.807) is 6.20 Å². The normalized spacial score (nSPS) is 14.4. The molecular weight excluding hydrogens is 300 g/mol. The third kappa shape index (κ3) is 2.79. The predicted octanol–water partition coefficient (Wildman–Crippen LogP) is 2.49. The Morgan fingerprint density at radius 1 is 1.08 bits per heavy atom. The maximum Gasteiger partial charge on any atom is 0.151 e. The van der Waals surface area contributed by atoms with E-state index in [0.29, 0.717) is 11.5 Å². The van der Waals surface area contributed by atoms with Gasteiger partial charge >= 0.3 is 0 Å². The van der Waals surface area contributed by atoms with Crippen LogP contribution in [0.1, 0.15) is 12.1 Å². The first-order valence-electron chi connectivity index (χ1n) is 7.95. The number of H-pyrrole nitrogens is 1. The van der Waals surface area contributed by atoms with Gasteiger partial charge in [0.2, 0.25) is 0 Å². The molecule has 120 valence electrons. The summed E-state index contributed by atoms with van der Waals surface area (Å²) in [6.07, 6.45) is 4.83. The largest absolute Gasteiger partial charge is 0.382 e. The number of nitrogens with one attached hydrogen (secondary N) is 2. The van der Waals surface area contributed by atoms with Crippen molar-refractivity contribution in [2.75, 3.05) is 18.8 Å².